The van der Waals surface area contributed by atoms with E-state index in [2.05, 4.69) is 4.98 Å². The topological polar surface area (TPSA) is 48.1 Å². The highest BCUT2D eigenvalue weighted by Crippen LogP contribution is 2.37. The van der Waals surface area contributed by atoms with E-state index in [1.54, 1.807) is 24.3 Å². The molecule has 0 saturated carbocycles. The first kappa shape index (κ1) is 13.4. The number of rotatable bonds is 3. The largest absolute Gasteiger partial charge is 0.438 e. The minimum atomic E-state index is -4.51. The fraction of sp³-hybridized carbons (Fsp3) is 0.154. The van der Waals surface area contributed by atoms with Crippen LogP contribution in [0.4, 0.5) is 13.2 Å². The number of nitrogens with two attached hydrogens (primary N) is 1. The number of halogens is 3. The molecule has 100 valence electrons. The lowest BCUT2D eigenvalue weighted by Crippen LogP contribution is -2.09. The van der Waals surface area contributed by atoms with Gasteiger partial charge in [0.2, 0.25) is 5.88 Å². The molecule has 1 heterocycles. The van der Waals surface area contributed by atoms with E-state index >= 15 is 0 Å². The van der Waals surface area contributed by atoms with E-state index in [0.717, 1.165) is 6.07 Å². The first-order valence-electron chi connectivity index (χ1n) is 5.50. The van der Waals surface area contributed by atoms with Gasteiger partial charge in [0.15, 0.2) is 0 Å². The van der Waals surface area contributed by atoms with Crippen molar-refractivity contribution >= 4 is 0 Å². The Kier molecular flexibility index (Phi) is 3.71. The summed E-state index contributed by atoms with van der Waals surface area (Å²) in [7, 11) is 0. The Morgan fingerprint density at radius 2 is 1.84 bits per heavy atom. The zero-order chi connectivity index (χ0) is 13.9. The molecule has 0 aliphatic rings. The summed E-state index contributed by atoms with van der Waals surface area (Å²) in [6.45, 7) is 0.171. The van der Waals surface area contributed by atoms with Gasteiger partial charge in [-0.3, -0.25) is 0 Å². The highest BCUT2D eigenvalue weighted by Gasteiger charge is 2.35. The SMILES string of the molecule is NCc1ccccc1Oc1ncccc1C(F)(F)F. The van der Waals surface area contributed by atoms with Crippen LogP contribution in [0.25, 0.3) is 0 Å². The molecule has 1 aromatic carbocycles. The molecular weight excluding hydrogens is 257 g/mol. The van der Waals surface area contributed by atoms with Crippen molar-refractivity contribution in [1.29, 1.82) is 0 Å². The fourth-order valence-electron chi connectivity index (χ4n) is 1.56. The molecule has 2 rings (SSSR count). The smallest absolute Gasteiger partial charge is 0.421 e. The second-order valence-electron chi connectivity index (χ2n) is 3.77. The average molecular weight is 268 g/mol. The Hall–Kier alpha value is -2.08. The maximum absolute atomic E-state index is 12.8. The van der Waals surface area contributed by atoms with Gasteiger partial charge in [-0.15, -0.1) is 0 Å². The molecule has 0 unspecified atom stereocenters. The monoisotopic (exact) mass is 268 g/mol. The Bertz CT molecular complexity index is 570. The second kappa shape index (κ2) is 5.27. The molecule has 0 aliphatic carbocycles. The highest BCUT2D eigenvalue weighted by molar-refractivity contribution is 5.38. The summed E-state index contributed by atoms with van der Waals surface area (Å²) in [4.78, 5) is 3.63. The van der Waals surface area contributed by atoms with Crippen LogP contribution in [0, 0.1) is 0 Å². The Morgan fingerprint density at radius 3 is 2.53 bits per heavy atom. The van der Waals surface area contributed by atoms with Crippen molar-refractivity contribution in [1.82, 2.24) is 4.98 Å². The van der Waals surface area contributed by atoms with Crippen LogP contribution in [-0.4, -0.2) is 4.98 Å². The van der Waals surface area contributed by atoms with Crippen LogP contribution < -0.4 is 10.5 Å². The van der Waals surface area contributed by atoms with E-state index in [1.165, 1.54) is 12.3 Å². The van der Waals surface area contributed by atoms with Crippen LogP contribution >= 0.6 is 0 Å². The predicted octanol–water partition coefficient (Wildman–Crippen LogP) is 3.35. The van der Waals surface area contributed by atoms with Gasteiger partial charge in [-0.1, -0.05) is 18.2 Å². The fourth-order valence-corrected chi connectivity index (χ4v) is 1.56. The van der Waals surface area contributed by atoms with Gasteiger partial charge in [0.25, 0.3) is 0 Å². The molecule has 0 radical (unpaired) electrons. The number of aromatic nitrogens is 1. The van der Waals surface area contributed by atoms with E-state index in [1.807, 2.05) is 0 Å². The quantitative estimate of drug-likeness (QED) is 0.928. The van der Waals surface area contributed by atoms with Gasteiger partial charge < -0.3 is 10.5 Å². The van der Waals surface area contributed by atoms with Gasteiger partial charge in [-0.25, -0.2) is 4.98 Å². The van der Waals surface area contributed by atoms with Crippen LogP contribution in [0.15, 0.2) is 42.6 Å². The molecule has 0 aliphatic heterocycles. The molecule has 6 heteroatoms. The van der Waals surface area contributed by atoms with Crippen LogP contribution in [0.5, 0.6) is 11.6 Å². The second-order valence-corrected chi connectivity index (χ2v) is 3.77. The third-order valence-corrected chi connectivity index (χ3v) is 2.48. The summed E-state index contributed by atoms with van der Waals surface area (Å²) < 4.78 is 43.6. The minimum absolute atomic E-state index is 0.171. The third kappa shape index (κ3) is 3.03. The minimum Gasteiger partial charge on any atom is -0.438 e. The number of hydrogen-bond acceptors (Lipinski definition) is 3. The number of nitrogens with zero attached hydrogens (tertiary/aromatic N) is 1. The van der Waals surface area contributed by atoms with Gasteiger partial charge in [-0.05, 0) is 18.2 Å². The van der Waals surface area contributed by atoms with Gasteiger partial charge in [0.1, 0.15) is 11.3 Å². The van der Waals surface area contributed by atoms with Crippen LogP contribution in [-0.2, 0) is 12.7 Å². The summed E-state index contributed by atoms with van der Waals surface area (Å²) in [6, 6.07) is 8.77. The number of hydrogen-bond donors (Lipinski definition) is 1. The first-order chi connectivity index (χ1) is 9.02. The zero-order valence-electron chi connectivity index (χ0n) is 9.82. The van der Waals surface area contributed by atoms with Crippen molar-refractivity contribution in [3.05, 3.63) is 53.7 Å². The predicted molar refractivity (Wildman–Crippen MR) is 63.6 cm³/mol. The van der Waals surface area contributed by atoms with Gasteiger partial charge in [0.05, 0.1) is 0 Å². The van der Waals surface area contributed by atoms with Crippen LogP contribution in [0.1, 0.15) is 11.1 Å². The molecule has 2 N–H and O–H groups in total. The van der Waals surface area contributed by atoms with E-state index in [4.69, 9.17) is 10.5 Å². The standard InChI is InChI=1S/C13H11F3N2O/c14-13(15,16)10-5-3-7-18-12(10)19-11-6-2-1-4-9(11)8-17/h1-7H,8,17H2. The lowest BCUT2D eigenvalue weighted by molar-refractivity contribution is -0.138. The molecule has 0 spiro atoms. The summed E-state index contributed by atoms with van der Waals surface area (Å²) in [6.07, 6.45) is -3.27. The van der Waals surface area contributed by atoms with Crippen LogP contribution in [0.3, 0.4) is 0 Å². The molecule has 0 saturated heterocycles. The molecule has 0 amide bonds. The number of alkyl halides is 3. The van der Waals surface area contributed by atoms with Crippen molar-refractivity contribution in [2.75, 3.05) is 0 Å². The van der Waals surface area contributed by atoms with Crippen molar-refractivity contribution in [2.24, 2.45) is 5.73 Å². The van der Waals surface area contributed by atoms with Gasteiger partial charge >= 0.3 is 6.18 Å². The van der Waals surface area contributed by atoms with Crippen LogP contribution in [0.2, 0.25) is 0 Å². The van der Waals surface area contributed by atoms with Gasteiger partial charge in [-0.2, -0.15) is 13.2 Å². The van der Waals surface area contributed by atoms with E-state index in [-0.39, 0.29) is 12.3 Å². The normalized spacial score (nSPS) is 11.4. The molecule has 3 nitrogen and oxygen atoms in total. The number of pyridine rings is 1. The first-order valence-corrected chi connectivity index (χ1v) is 5.50. The number of ether oxygens (including phenoxy) is 1. The summed E-state index contributed by atoms with van der Waals surface area (Å²) in [5.74, 6) is -0.204. The van der Waals surface area contributed by atoms with Crippen molar-refractivity contribution in [2.45, 2.75) is 12.7 Å². The molecule has 1 aromatic heterocycles. The maximum atomic E-state index is 12.8. The average Bonchev–Trinajstić information content (AvgIpc) is 2.39. The highest BCUT2D eigenvalue weighted by atomic mass is 19.4. The molecule has 0 atom stereocenters. The molecule has 2 aromatic rings. The maximum Gasteiger partial charge on any atom is 0.421 e. The third-order valence-electron chi connectivity index (χ3n) is 2.48. The lowest BCUT2D eigenvalue weighted by atomic mass is 10.2. The molecule has 19 heavy (non-hydrogen) atoms. The zero-order valence-corrected chi connectivity index (χ0v) is 9.82. The van der Waals surface area contributed by atoms with E-state index < -0.39 is 17.6 Å². The Labute approximate surface area is 107 Å². The Morgan fingerprint density at radius 1 is 1.11 bits per heavy atom. The summed E-state index contributed by atoms with van der Waals surface area (Å²) in [5.41, 5.74) is 5.20. The Balaban J connectivity index is 2.39. The summed E-state index contributed by atoms with van der Waals surface area (Å²) in [5, 5.41) is 0. The molecular formula is C13H11F3N2O. The van der Waals surface area contributed by atoms with E-state index in [0.29, 0.717) is 5.56 Å². The lowest BCUT2D eigenvalue weighted by Gasteiger charge is -2.13. The molecule has 0 bridgehead atoms. The van der Waals surface area contributed by atoms with E-state index in [9.17, 15) is 13.2 Å². The van der Waals surface area contributed by atoms with Crippen molar-refractivity contribution in [3.63, 3.8) is 0 Å². The van der Waals surface area contributed by atoms with Crippen molar-refractivity contribution in [3.8, 4) is 11.6 Å². The number of benzene rings is 1. The summed E-state index contributed by atoms with van der Waals surface area (Å²) >= 11 is 0. The number of para-hydroxylation sites is 1. The van der Waals surface area contributed by atoms with Crippen molar-refractivity contribution < 1.29 is 17.9 Å². The molecule has 0 fully saturated rings. The van der Waals surface area contributed by atoms with Gasteiger partial charge in [0, 0.05) is 18.3 Å².